The zero-order chi connectivity index (χ0) is 27.6. The van der Waals surface area contributed by atoms with E-state index in [4.69, 9.17) is 19.3 Å². The molecular weight excluding hydrogens is 505 g/mol. The molecule has 0 spiro atoms. The van der Waals surface area contributed by atoms with E-state index in [0.717, 1.165) is 37.2 Å². The predicted molar refractivity (Wildman–Crippen MR) is 134 cm³/mol. The fourth-order valence-corrected chi connectivity index (χ4v) is 4.47. The molecule has 0 bridgehead atoms. The third-order valence-corrected chi connectivity index (χ3v) is 6.18. The summed E-state index contributed by atoms with van der Waals surface area (Å²) in [6.07, 6.45) is 0.275. The van der Waals surface area contributed by atoms with Crippen LogP contribution in [0, 0.1) is 0 Å². The number of alkyl halides is 3. The number of hydrogen-bond acceptors (Lipinski definition) is 7. The maximum Gasteiger partial charge on any atom is 0.471 e. The van der Waals surface area contributed by atoms with Crippen molar-refractivity contribution in [3.05, 3.63) is 24.5 Å². The van der Waals surface area contributed by atoms with Gasteiger partial charge in [-0.15, -0.1) is 5.10 Å². The number of likely N-dealkylation sites (N-methyl/N-ethyl adjacent to an activating group) is 1. The van der Waals surface area contributed by atoms with Crippen molar-refractivity contribution in [3.8, 4) is 23.0 Å². The molecule has 206 valence electrons. The third kappa shape index (κ3) is 5.47. The summed E-state index contributed by atoms with van der Waals surface area (Å²) in [5, 5.41) is 9.88. The van der Waals surface area contributed by atoms with Crippen LogP contribution < -0.4 is 9.47 Å². The van der Waals surface area contributed by atoms with Crippen LogP contribution in [-0.4, -0.2) is 74.4 Å². The number of aromatic nitrogens is 5. The number of halogens is 3. The van der Waals surface area contributed by atoms with Crippen molar-refractivity contribution >= 4 is 22.9 Å². The second kappa shape index (κ2) is 11.0. The lowest BCUT2D eigenvalue weighted by molar-refractivity contribution is -0.184. The van der Waals surface area contributed by atoms with Crippen molar-refractivity contribution in [2.75, 3.05) is 26.8 Å². The van der Waals surface area contributed by atoms with Gasteiger partial charge in [0.15, 0.2) is 6.23 Å². The van der Waals surface area contributed by atoms with Gasteiger partial charge < -0.3 is 19.1 Å². The highest BCUT2D eigenvalue weighted by atomic mass is 19.4. The van der Waals surface area contributed by atoms with Crippen molar-refractivity contribution < 1.29 is 32.2 Å². The highest BCUT2D eigenvalue weighted by Gasteiger charge is 2.41. The largest absolute Gasteiger partial charge is 0.476 e. The van der Waals surface area contributed by atoms with E-state index in [9.17, 15) is 18.0 Å². The monoisotopic (exact) mass is 536 g/mol. The first-order valence-corrected chi connectivity index (χ1v) is 12.4. The van der Waals surface area contributed by atoms with E-state index in [1.807, 2.05) is 10.7 Å². The van der Waals surface area contributed by atoms with Crippen molar-refractivity contribution in [1.29, 1.82) is 0 Å². The Morgan fingerprint density at radius 3 is 2.76 bits per heavy atom. The molecule has 3 aromatic rings. The Labute approximate surface area is 218 Å². The van der Waals surface area contributed by atoms with Crippen molar-refractivity contribution in [2.45, 2.75) is 51.6 Å². The molecule has 3 aromatic heterocycles. The van der Waals surface area contributed by atoms with E-state index < -0.39 is 18.2 Å². The number of ether oxygens (including phenoxy) is 3. The molecule has 2 atom stereocenters. The Hall–Kier alpha value is -3.61. The number of amides is 1. The topological polar surface area (TPSA) is 96.5 Å². The van der Waals surface area contributed by atoms with Crippen LogP contribution in [0.15, 0.2) is 18.8 Å². The van der Waals surface area contributed by atoms with Crippen LogP contribution in [0.25, 0.3) is 28.2 Å². The Kier molecular flexibility index (Phi) is 7.95. The summed E-state index contributed by atoms with van der Waals surface area (Å²) in [6.45, 7) is 7.95. The molecule has 1 unspecified atom stereocenters. The Bertz CT molecular complexity index is 1310. The smallest absolute Gasteiger partial charge is 0.471 e. The summed E-state index contributed by atoms with van der Waals surface area (Å²) in [5.74, 6) is -1.45. The zero-order valence-electron chi connectivity index (χ0n) is 21.8. The van der Waals surface area contributed by atoms with Crippen LogP contribution in [0.4, 0.5) is 13.2 Å². The molecule has 13 heteroatoms. The average Bonchev–Trinajstić information content (AvgIpc) is 3.40. The molecule has 0 radical (unpaired) electrons. The number of carbonyl (C=O) groups is 1. The van der Waals surface area contributed by atoms with E-state index in [2.05, 4.69) is 16.7 Å². The molecule has 0 saturated carbocycles. The van der Waals surface area contributed by atoms with E-state index in [-0.39, 0.29) is 24.5 Å². The number of hydrogen-bond donors (Lipinski definition) is 0. The molecular formula is C25H31F3N6O4. The molecule has 38 heavy (non-hydrogen) atoms. The molecule has 0 aromatic carbocycles. The summed E-state index contributed by atoms with van der Waals surface area (Å²) in [5.41, 5.74) is 2.34. The van der Waals surface area contributed by atoms with Gasteiger partial charge >= 0.3 is 12.1 Å². The number of carbonyl (C=O) groups excluding carboxylic acids is 1. The van der Waals surface area contributed by atoms with Crippen LogP contribution in [0.5, 0.6) is 11.8 Å². The fourth-order valence-electron chi connectivity index (χ4n) is 4.47. The molecule has 0 aliphatic carbocycles. The summed E-state index contributed by atoms with van der Waals surface area (Å²) in [4.78, 5) is 16.8. The van der Waals surface area contributed by atoms with Crippen molar-refractivity contribution in [2.24, 2.45) is 7.05 Å². The minimum Gasteiger partial charge on any atom is -0.476 e. The molecule has 4 rings (SSSR count). The predicted octanol–water partition coefficient (Wildman–Crippen LogP) is 4.36. The quantitative estimate of drug-likeness (QED) is 0.401. The van der Waals surface area contributed by atoms with Gasteiger partial charge in [0.1, 0.15) is 11.7 Å². The number of fused-ring (bicyclic) bond motifs is 1. The van der Waals surface area contributed by atoms with Gasteiger partial charge in [0.25, 0.3) is 0 Å². The molecule has 1 amide bonds. The van der Waals surface area contributed by atoms with Crippen LogP contribution in [0.2, 0.25) is 0 Å². The Morgan fingerprint density at radius 2 is 2.13 bits per heavy atom. The van der Waals surface area contributed by atoms with Crippen LogP contribution in [0.3, 0.4) is 0 Å². The second-order valence-electron chi connectivity index (χ2n) is 9.10. The summed E-state index contributed by atoms with van der Waals surface area (Å²) >= 11 is 0. The minimum absolute atomic E-state index is 0.193. The SMILES string of the molecule is C=Cc1nn(C2CCCCO2)c2cnc(-c3c(OCC)nn(C)c3O[C@@H](C)CN(C)C(=O)C(F)(F)F)cc12. The molecule has 1 aliphatic heterocycles. The maximum atomic E-state index is 12.8. The van der Waals surface area contributed by atoms with E-state index >= 15 is 0 Å². The highest BCUT2D eigenvalue weighted by molar-refractivity contribution is 5.90. The first kappa shape index (κ1) is 27.4. The van der Waals surface area contributed by atoms with E-state index in [0.29, 0.717) is 35.1 Å². The van der Waals surface area contributed by atoms with Crippen LogP contribution >= 0.6 is 0 Å². The van der Waals surface area contributed by atoms with Crippen LogP contribution in [0.1, 0.15) is 45.0 Å². The first-order valence-electron chi connectivity index (χ1n) is 12.4. The Balaban J connectivity index is 1.71. The molecule has 1 fully saturated rings. The van der Waals surface area contributed by atoms with Gasteiger partial charge in [-0.25, -0.2) is 9.36 Å². The second-order valence-corrected chi connectivity index (χ2v) is 9.10. The van der Waals surface area contributed by atoms with Gasteiger partial charge in [-0.2, -0.15) is 18.3 Å². The van der Waals surface area contributed by atoms with Crippen molar-refractivity contribution in [3.63, 3.8) is 0 Å². The number of rotatable bonds is 9. The third-order valence-electron chi connectivity index (χ3n) is 6.18. The molecule has 0 N–H and O–H groups in total. The minimum atomic E-state index is -4.97. The normalized spacial score (nSPS) is 16.9. The number of nitrogens with zero attached hydrogens (tertiary/aromatic N) is 6. The molecule has 1 saturated heterocycles. The van der Waals surface area contributed by atoms with E-state index in [1.165, 1.54) is 4.68 Å². The highest BCUT2D eigenvalue weighted by Crippen LogP contribution is 2.39. The van der Waals surface area contributed by atoms with Gasteiger partial charge in [0, 0.05) is 26.1 Å². The van der Waals surface area contributed by atoms with Crippen LogP contribution in [-0.2, 0) is 16.6 Å². The standard InChI is InChI=1S/C25H31F3N6O4/c1-6-17-16-12-18(29-13-19(16)34(30-17)20-10-8-9-11-37-20)21-22(36-7-2)31-33(5)23(21)38-15(3)14-32(4)24(35)25(26,27)28/h6,12-13,15,20H,1,7-11,14H2,2-5H3/t15-,20?/m0/s1. The molecule has 10 nitrogen and oxygen atoms in total. The summed E-state index contributed by atoms with van der Waals surface area (Å²) in [6, 6.07) is 1.83. The van der Waals surface area contributed by atoms with Gasteiger partial charge in [0.05, 0.1) is 36.3 Å². The first-order chi connectivity index (χ1) is 18.0. The Morgan fingerprint density at radius 1 is 1.37 bits per heavy atom. The van der Waals surface area contributed by atoms with Gasteiger partial charge in [-0.05, 0) is 45.3 Å². The lowest BCUT2D eigenvalue weighted by Gasteiger charge is -2.23. The van der Waals surface area contributed by atoms with Crippen molar-refractivity contribution in [1.82, 2.24) is 29.4 Å². The zero-order valence-corrected chi connectivity index (χ0v) is 21.8. The molecule has 4 heterocycles. The maximum absolute atomic E-state index is 12.8. The lowest BCUT2D eigenvalue weighted by atomic mass is 10.1. The molecule has 1 aliphatic rings. The number of aryl methyl sites for hydroxylation is 1. The lowest BCUT2D eigenvalue weighted by Crippen LogP contribution is -2.43. The van der Waals surface area contributed by atoms with Gasteiger partial charge in [0.2, 0.25) is 11.8 Å². The fraction of sp³-hybridized carbons (Fsp3) is 0.520. The van der Waals surface area contributed by atoms with Gasteiger partial charge in [-0.1, -0.05) is 6.58 Å². The number of pyridine rings is 1. The summed E-state index contributed by atoms with van der Waals surface area (Å²) < 4.78 is 59.4. The average molecular weight is 537 g/mol. The van der Waals surface area contributed by atoms with E-state index in [1.54, 1.807) is 33.2 Å². The summed E-state index contributed by atoms with van der Waals surface area (Å²) in [7, 11) is 2.70. The van der Waals surface area contributed by atoms with Gasteiger partial charge in [-0.3, -0.25) is 9.78 Å².